The topological polar surface area (TPSA) is 55.8 Å². The molecule has 1 aromatic carbocycles. The van der Waals surface area contributed by atoms with Crippen LogP contribution in [-0.2, 0) is 13.0 Å². The van der Waals surface area contributed by atoms with Crippen molar-refractivity contribution < 1.29 is 4.39 Å². The molecule has 2 aromatic rings. The van der Waals surface area contributed by atoms with Crippen molar-refractivity contribution in [3.8, 4) is 0 Å². The van der Waals surface area contributed by atoms with E-state index in [1.54, 1.807) is 12.1 Å². The van der Waals surface area contributed by atoms with Gasteiger partial charge in [0.2, 0.25) is 0 Å². The molecule has 0 amide bonds. The molecule has 1 aliphatic rings. The maximum absolute atomic E-state index is 13.3. The summed E-state index contributed by atoms with van der Waals surface area (Å²) >= 11 is 0. The summed E-state index contributed by atoms with van der Waals surface area (Å²) in [7, 11) is 0. The van der Waals surface area contributed by atoms with Gasteiger partial charge in [-0.3, -0.25) is 0 Å². The van der Waals surface area contributed by atoms with E-state index in [0.29, 0.717) is 13.1 Å². The number of hydrogen-bond acceptors (Lipinski definition) is 4. The van der Waals surface area contributed by atoms with Crippen molar-refractivity contribution in [3.63, 3.8) is 0 Å². The molecule has 3 rings (SSSR count). The van der Waals surface area contributed by atoms with Gasteiger partial charge in [0.15, 0.2) is 5.96 Å². The normalized spacial score (nSPS) is 15.3. The number of anilines is 1. The minimum absolute atomic E-state index is 0.198. The Morgan fingerprint density at radius 2 is 1.90 bits per heavy atom. The molecule has 0 saturated carbocycles. The molecule has 1 saturated heterocycles. The standard InChI is InChI=1S/C23H33FN6/c1-3-25-23(26-11-10-19-6-5-7-21(24)16-19)28-18-20-8-9-22(27-17-20)30-14-12-29(4-2)13-15-30/h5-9,16-17H,3-4,10-15,18H2,1-2H3,(H2,25,26,28). The molecular formula is C23H33FN6. The van der Waals surface area contributed by atoms with Gasteiger partial charge in [-0.2, -0.15) is 0 Å². The minimum Gasteiger partial charge on any atom is -0.357 e. The van der Waals surface area contributed by atoms with E-state index in [0.717, 1.165) is 68.6 Å². The highest BCUT2D eigenvalue weighted by Gasteiger charge is 2.16. The van der Waals surface area contributed by atoms with Gasteiger partial charge in [-0.25, -0.2) is 14.4 Å². The maximum atomic E-state index is 13.3. The molecule has 2 heterocycles. The number of hydrogen-bond donors (Lipinski definition) is 2. The second-order valence-corrected chi connectivity index (χ2v) is 7.45. The molecule has 0 radical (unpaired) electrons. The Balaban J connectivity index is 1.50. The highest BCUT2D eigenvalue weighted by Crippen LogP contribution is 2.14. The largest absolute Gasteiger partial charge is 0.357 e. The number of pyridine rings is 1. The van der Waals surface area contributed by atoms with Crippen LogP contribution >= 0.6 is 0 Å². The summed E-state index contributed by atoms with van der Waals surface area (Å²) in [6, 6.07) is 10.9. The second kappa shape index (κ2) is 11.5. The molecule has 7 heteroatoms. The number of nitrogens with zero attached hydrogens (tertiary/aromatic N) is 4. The Morgan fingerprint density at radius 1 is 1.07 bits per heavy atom. The number of guanidine groups is 1. The monoisotopic (exact) mass is 412 g/mol. The zero-order valence-corrected chi connectivity index (χ0v) is 18.1. The van der Waals surface area contributed by atoms with Crippen LogP contribution in [0.2, 0.25) is 0 Å². The molecule has 0 unspecified atom stereocenters. The number of nitrogens with one attached hydrogen (secondary N) is 2. The Kier molecular flexibility index (Phi) is 8.44. The smallest absolute Gasteiger partial charge is 0.191 e. The van der Waals surface area contributed by atoms with Crippen molar-refractivity contribution in [1.29, 1.82) is 0 Å². The fourth-order valence-corrected chi connectivity index (χ4v) is 3.52. The molecule has 0 bridgehead atoms. The van der Waals surface area contributed by atoms with E-state index in [9.17, 15) is 4.39 Å². The lowest BCUT2D eigenvalue weighted by atomic mass is 10.1. The molecule has 162 valence electrons. The molecule has 0 aliphatic carbocycles. The molecular weight excluding hydrogens is 379 g/mol. The lowest BCUT2D eigenvalue weighted by molar-refractivity contribution is 0.270. The first-order valence-corrected chi connectivity index (χ1v) is 10.9. The van der Waals surface area contributed by atoms with Crippen LogP contribution in [0.3, 0.4) is 0 Å². The van der Waals surface area contributed by atoms with Crippen molar-refractivity contribution >= 4 is 11.8 Å². The van der Waals surface area contributed by atoms with Crippen LogP contribution in [0.1, 0.15) is 25.0 Å². The van der Waals surface area contributed by atoms with Crippen LogP contribution in [0.15, 0.2) is 47.6 Å². The van der Waals surface area contributed by atoms with Gasteiger partial charge in [-0.1, -0.05) is 25.1 Å². The van der Waals surface area contributed by atoms with Crippen LogP contribution in [0.25, 0.3) is 0 Å². The van der Waals surface area contributed by atoms with E-state index in [4.69, 9.17) is 0 Å². The number of aliphatic imine (C=N–C) groups is 1. The number of likely N-dealkylation sites (N-methyl/N-ethyl adjacent to an activating group) is 1. The summed E-state index contributed by atoms with van der Waals surface area (Å²) in [6.45, 7) is 11.6. The third kappa shape index (κ3) is 6.69. The number of rotatable bonds is 8. The Morgan fingerprint density at radius 3 is 2.57 bits per heavy atom. The van der Waals surface area contributed by atoms with E-state index < -0.39 is 0 Å². The first kappa shape index (κ1) is 22.0. The summed E-state index contributed by atoms with van der Waals surface area (Å²) in [5, 5.41) is 6.57. The van der Waals surface area contributed by atoms with Gasteiger partial charge < -0.3 is 20.4 Å². The molecule has 0 atom stereocenters. The van der Waals surface area contributed by atoms with E-state index in [1.807, 2.05) is 19.2 Å². The molecule has 30 heavy (non-hydrogen) atoms. The SMILES string of the molecule is CCNC(=NCc1ccc(N2CCN(CC)CC2)nc1)NCCc1cccc(F)c1. The van der Waals surface area contributed by atoms with Gasteiger partial charge in [0.1, 0.15) is 11.6 Å². The minimum atomic E-state index is -0.198. The second-order valence-electron chi connectivity index (χ2n) is 7.45. The van der Waals surface area contributed by atoms with Gasteiger partial charge >= 0.3 is 0 Å². The van der Waals surface area contributed by atoms with Crippen LogP contribution in [0.4, 0.5) is 10.2 Å². The zero-order chi connectivity index (χ0) is 21.2. The molecule has 2 N–H and O–H groups in total. The highest BCUT2D eigenvalue weighted by atomic mass is 19.1. The van der Waals surface area contributed by atoms with Crippen LogP contribution in [0, 0.1) is 5.82 Å². The Bertz CT molecular complexity index is 800. The number of aromatic nitrogens is 1. The summed E-state index contributed by atoms with van der Waals surface area (Å²) in [4.78, 5) is 14.1. The number of piperazine rings is 1. The third-order valence-corrected chi connectivity index (χ3v) is 5.31. The average molecular weight is 413 g/mol. The quantitative estimate of drug-likeness (QED) is 0.516. The van der Waals surface area contributed by atoms with Crippen molar-refractivity contribution in [2.24, 2.45) is 4.99 Å². The van der Waals surface area contributed by atoms with Gasteiger partial charge in [0.05, 0.1) is 6.54 Å². The van der Waals surface area contributed by atoms with Crippen molar-refractivity contribution in [3.05, 3.63) is 59.5 Å². The lowest BCUT2D eigenvalue weighted by Crippen LogP contribution is -2.46. The highest BCUT2D eigenvalue weighted by molar-refractivity contribution is 5.79. The summed E-state index contributed by atoms with van der Waals surface area (Å²) in [5.41, 5.74) is 2.05. The molecule has 1 aliphatic heterocycles. The zero-order valence-electron chi connectivity index (χ0n) is 18.1. The van der Waals surface area contributed by atoms with Gasteiger partial charge in [0.25, 0.3) is 0 Å². The number of halogens is 1. The van der Waals surface area contributed by atoms with Crippen molar-refractivity contribution in [2.45, 2.75) is 26.8 Å². The predicted molar refractivity (Wildman–Crippen MR) is 121 cm³/mol. The van der Waals surface area contributed by atoms with E-state index in [-0.39, 0.29) is 5.82 Å². The fourth-order valence-electron chi connectivity index (χ4n) is 3.52. The fraction of sp³-hybridized carbons (Fsp3) is 0.478. The van der Waals surface area contributed by atoms with Gasteiger partial charge in [-0.05, 0) is 49.2 Å². The molecule has 6 nitrogen and oxygen atoms in total. The lowest BCUT2D eigenvalue weighted by Gasteiger charge is -2.34. The first-order chi connectivity index (χ1) is 14.7. The summed E-state index contributed by atoms with van der Waals surface area (Å²) in [6.07, 6.45) is 2.66. The van der Waals surface area contributed by atoms with E-state index in [2.05, 4.69) is 49.5 Å². The number of benzene rings is 1. The Labute approximate surface area is 179 Å². The average Bonchev–Trinajstić information content (AvgIpc) is 2.78. The van der Waals surface area contributed by atoms with Crippen LogP contribution < -0.4 is 15.5 Å². The summed E-state index contributed by atoms with van der Waals surface area (Å²) < 4.78 is 13.3. The predicted octanol–water partition coefficient (Wildman–Crippen LogP) is 2.66. The summed E-state index contributed by atoms with van der Waals surface area (Å²) in [5.74, 6) is 1.60. The van der Waals surface area contributed by atoms with Crippen LogP contribution in [0.5, 0.6) is 0 Å². The molecule has 1 aromatic heterocycles. The molecule has 1 fully saturated rings. The van der Waals surface area contributed by atoms with Gasteiger partial charge in [-0.15, -0.1) is 0 Å². The van der Waals surface area contributed by atoms with Crippen molar-refractivity contribution in [2.75, 3.05) is 50.7 Å². The maximum Gasteiger partial charge on any atom is 0.191 e. The van der Waals surface area contributed by atoms with Crippen LogP contribution in [-0.4, -0.2) is 61.7 Å². The van der Waals surface area contributed by atoms with Gasteiger partial charge in [0, 0.05) is 45.5 Å². The Hall–Kier alpha value is -2.67. The van der Waals surface area contributed by atoms with E-state index in [1.165, 1.54) is 6.07 Å². The van der Waals surface area contributed by atoms with Crippen molar-refractivity contribution in [1.82, 2.24) is 20.5 Å². The first-order valence-electron chi connectivity index (χ1n) is 10.9. The van der Waals surface area contributed by atoms with E-state index >= 15 is 0 Å². The molecule has 0 spiro atoms. The third-order valence-electron chi connectivity index (χ3n) is 5.31.